The second kappa shape index (κ2) is 7.45. The Morgan fingerprint density at radius 1 is 1.09 bits per heavy atom. The van der Waals surface area contributed by atoms with E-state index in [1.807, 2.05) is 29.2 Å². The van der Waals surface area contributed by atoms with Crippen LogP contribution in [0.3, 0.4) is 0 Å². The van der Waals surface area contributed by atoms with Gasteiger partial charge in [-0.05, 0) is 30.9 Å². The summed E-state index contributed by atoms with van der Waals surface area (Å²) >= 11 is 1.70. The number of aromatic nitrogens is 1. The summed E-state index contributed by atoms with van der Waals surface area (Å²) in [4.78, 5) is 19.8. The highest BCUT2D eigenvalue weighted by Gasteiger charge is 2.20. The lowest BCUT2D eigenvalue weighted by Gasteiger charge is -2.27. The Balaban J connectivity index is 1.73. The Kier molecular flexibility index (Phi) is 5.11. The van der Waals surface area contributed by atoms with E-state index in [9.17, 15) is 4.79 Å². The van der Waals surface area contributed by atoms with Gasteiger partial charge in [0, 0.05) is 36.1 Å². The van der Waals surface area contributed by atoms with E-state index in [0.29, 0.717) is 0 Å². The van der Waals surface area contributed by atoms with Crippen molar-refractivity contribution in [1.82, 2.24) is 9.88 Å². The van der Waals surface area contributed by atoms with Gasteiger partial charge >= 0.3 is 0 Å². The number of rotatable bonds is 4. The average molecular weight is 312 g/mol. The van der Waals surface area contributed by atoms with Crippen LogP contribution in [0.25, 0.3) is 0 Å². The maximum atomic E-state index is 12.7. The number of hydrogen-bond donors (Lipinski definition) is 0. The molecule has 0 spiro atoms. The molecule has 2 aromatic rings. The van der Waals surface area contributed by atoms with Gasteiger partial charge < -0.3 is 4.90 Å². The first-order chi connectivity index (χ1) is 10.8. The number of nitrogens with zero attached hydrogens (tertiary/aromatic N) is 2. The van der Waals surface area contributed by atoms with Crippen molar-refractivity contribution < 1.29 is 4.79 Å². The van der Waals surface area contributed by atoms with Crippen LogP contribution in [-0.4, -0.2) is 28.9 Å². The van der Waals surface area contributed by atoms with Gasteiger partial charge in [0.1, 0.15) is 0 Å². The van der Waals surface area contributed by atoms with Crippen molar-refractivity contribution in [2.75, 3.05) is 13.1 Å². The fourth-order valence-corrected chi connectivity index (χ4v) is 3.64. The van der Waals surface area contributed by atoms with E-state index < -0.39 is 0 Å². The summed E-state index contributed by atoms with van der Waals surface area (Å²) in [6.45, 7) is 1.74. The number of carbonyl (C=O) groups excluding carboxylic acids is 1. The zero-order valence-electron chi connectivity index (χ0n) is 12.6. The zero-order valence-corrected chi connectivity index (χ0v) is 13.4. The lowest BCUT2D eigenvalue weighted by molar-refractivity contribution is 0.0720. The molecule has 4 heteroatoms. The second-order valence-electron chi connectivity index (χ2n) is 5.50. The van der Waals surface area contributed by atoms with Crippen LogP contribution in [-0.2, 0) is 5.75 Å². The Morgan fingerprint density at radius 2 is 1.86 bits per heavy atom. The number of pyridine rings is 1. The first-order valence-electron chi connectivity index (χ1n) is 7.74. The van der Waals surface area contributed by atoms with Gasteiger partial charge in [-0.1, -0.05) is 30.3 Å². The lowest BCUT2D eigenvalue weighted by atomic mass is 10.1. The minimum Gasteiger partial charge on any atom is -0.339 e. The van der Waals surface area contributed by atoms with Gasteiger partial charge in [-0.3, -0.25) is 9.78 Å². The van der Waals surface area contributed by atoms with Gasteiger partial charge in [-0.15, -0.1) is 11.8 Å². The molecule has 0 unspecified atom stereocenters. The minimum atomic E-state index is 0.128. The maximum Gasteiger partial charge on any atom is 0.256 e. The molecule has 1 fully saturated rings. The molecule has 1 aromatic carbocycles. The predicted molar refractivity (Wildman–Crippen MR) is 90.0 cm³/mol. The molecule has 2 heterocycles. The summed E-state index contributed by atoms with van der Waals surface area (Å²) in [6, 6.07) is 12.3. The topological polar surface area (TPSA) is 33.2 Å². The fraction of sp³-hybridized carbons (Fsp3) is 0.333. The van der Waals surface area contributed by atoms with E-state index in [1.54, 1.807) is 24.2 Å². The quantitative estimate of drug-likeness (QED) is 0.800. The molecule has 114 valence electrons. The summed E-state index contributed by atoms with van der Waals surface area (Å²) < 4.78 is 0. The van der Waals surface area contributed by atoms with E-state index in [-0.39, 0.29) is 5.91 Å². The van der Waals surface area contributed by atoms with E-state index in [1.165, 1.54) is 12.0 Å². The second-order valence-corrected chi connectivity index (χ2v) is 6.52. The molecule has 1 saturated heterocycles. The predicted octanol–water partition coefficient (Wildman–Crippen LogP) is 4.00. The van der Waals surface area contributed by atoms with Crippen molar-refractivity contribution >= 4 is 17.7 Å². The molecule has 0 saturated carbocycles. The number of piperidine rings is 1. The smallest absolute Gasteiger partial charge is 0.256 e. The van der Waals surface area contributed by atoms with Gasteiger partial charge in [0.25, 0.3) is 5.91 Å². The highest BCUT2D eigenvalue weighted by molar-refractivity contribution is 7.98. The number of amides is 1. The van der Waals surface area contributed by atoms with E-state index >= 15 is 0 Å². The molecule has 1 amide bonds. The Hall–Kier alpha value is -1.81. The summed E-state index contributed by atoms with van der Waals surface area (Å²) in [5.41, 5.74) is 2.01. The van der Waals surface area contributed by atoms with Crippen LogP contribution in [0.4, 0.5) is 0 Å². The third-order valence-corrected chi connectivity index (χ3v) is 5.04. The van der Waals surface area contributed by atoms with Crippen LogP contribution in [0.2, 0.25) is 0 Å². The first kappa shape index (κ1) is 15.1. The fourth-order valence-electron chi connectivity index (χ4n) is 2.67. The molecule has 0 bridgehead atoms. The largest absolute Gasteiger partial charge is 0.339 e. The molecular weight excluding hydrogens is 292 g/mol. The molecule has 1 aliphatic heterocycles. The molecule has 3 nitrogen and oxygen atoms in total. The number of thioether (sulfide) groups is 1. The minimum absolute atomic E-state index is 0.128. The Bertz CT molecular complexity index is 624. The van der Waals surface area contributed by atoms with Crippen LogP contribution >= 0.6 is 11.8 Å². The van der Waals surface area contributed by atoms with Gasteiger partial charge in [0.15, 0.2) is 0 Å². The van der Waals surface area contributed by atoms with Crippen molar-refractivity contribution in [3.8, 4) is 0 Å². The first-order valence-corrected chi connectivity index (χ1v) is 8.73. The third-order valence-electron chi connectivity index (χ3n) is 3.89. The summed E-state index contributed by atoms with van der Waals surface area (Å²) in [6.07, 6.45) is 6.92. The van der Waals surface area contributed by atoms with Crippen molar-refractivity contribution in [3.05, 3.63) is 59.9 Å². The van der Waals surface area contributed by atoms with E-state index in [4.69, 9.17) is 0 Å². The molecule has 22 heavy (non-hydrogen) atoms. The van der Waals surface area contributed by atoms with Crippen LogP contribution < -0.4 is 0 Å². The third kappa shape index (κ3) is 3.69. The monoisotopic (exact) mass is 312 g/mol. The van der Waals surface area contributed by atoms with Crippen molar-refractivity contribution in [2.24, 2.45) is 0 Å². The molecule has 3 rings (SSSR count). The molecule has 1 aliphatic rings. The molecule has 0 N–H and O–H groups in total. The number of likely N-dealkylation sites (tertiary alicyclic amines) is 1. The molecular formula is C18H20N2OS. The maximum absolute atomic E-state index is 12.7. The number of carbonyl (C=O) groups is 1. The average Bonchev–Trinajstić information content (AvgIpc) is 2.61. The van der Waals surface area contributed by atoms with Crippen molar-refractivity contribution in [1.29, 1.82) is 0 Å². The summed E-state index contributed by atoms with van der Waals surface area (Å²) in [5, 5.41) is 0. The molecule has 0 atom stereocenters. The van der Waals surface area contributed by atoms with Gasteiger partial charge in [0.2, 0.25) is 0 Å². The van der Waals surface area contributed by atoms with Crippen molar-refractivity contribution in [2.45, 2.75) is 29.9 Å². The zero-order chi connectivity index (χ0) is 15.2. The number of benzene rings is 1. The SMILES string of the molecule is O=C(c1cnccc1SCc1ccccc1)N1CCCCC1. The van der Waals surface area contributed by atoms with E-state index in [0.717, 1.165) is 42.1 Å². The highest BCUT2D eigenvalue weighted by Crippen LogP contribution is 2.27. The lowest BCUT2D eigenvalue weighted by Crippen LogP contribution is -2.35. The molecule has 1 aromatic heterocycles. The van der Waals surface area contributed by atoms with Gasteiger partial charge in [-0.25, -0.2) is 0 Å². The Labute approximate surface area is 135 Å². The number of hydrogen-bond acceptors (Lipinski definition) is 3. The van der Waals surface area contributed by atoms with Crippen LogP contribution in [0.1, 0.15) is 35.2 Å². The Morgan fingerprint density at radius 3 is 2.64 bits per heavy atom. The van der Waals surface area contributed by atoms with Crippen LogP contribution in [0.15, 0.2) is 53.7 Å². The standard InChI is InChI=1S/C18H20N2OS/c21-18(20-11-5-2-6-12-20)16-13-19-10-9-17(16)22-14-15-7-3-1-4-8-15/h1,3-4,7-10,13H,2,5-6,11-12,14H2. The van der Waals surface area contributed by atoms with E-state index in [2.05, 4.69) is 17.1 Å². The normalized spacial score (nSPS) is 14.8. The van der Waals surface area contributed by atoms with Crippen LogP contribution in [0.5, 0.6) is 0 Å². The highest BCUT2D eigenvalue weighted by atomic mass is 32.2. The van der Waals surface area contributed by atoms with Crippen LogP contribution in [0, 0.1) is 0 Å². The molecule has 0 radical (unpaired) electrons. The summed E-state index contributed by atoms with van der Waals surface area (Å²) in [5.74, 6) is 0.994. The van der Waals surface area contributed by atoms with Gasteiger partial charge in [0.05, 0.1) is 5.56 Å². The van der Waals surface area contributed by atoms with Gasteiger partial charge in [-0.2, -0.15) is 0 Å². The van der Waals surface area contributed by atoms with Crippen molar-refractivity contribution in [3.63, 3.8) is 0 Å². The summed E-state index contributed by atoms with van der Waals surface area (Å²) in [7, 11) is 0. The molecule has 0 aliphatic carbocycles.